The fourth-order valence-electron chi connectivity index (χ4n) is 4.49. The summed E-state index contributed by atoms with van der Waals surface area (Å²) in [6, 6.07) is 14.6. The zero-order valence-corrected chi connectivity index (χ0v) is 27.4. The van der Waals surface area contributed by atoms with E-state index in [1.807, 2.05) is 46.8 Å². The Labute approximate surface area is 246 Å². The number of benzene rings is 2. The maximum Gasteiger partial charge on any atom is 0.292 e. The van der Waals surface area contributed by atoms with Crippen LogP contribution in [0.4, 0.5) is 0 Å². The Hall–Kier alpha value is -2.79. The number of phenolic OH excluding ortho intramolecular Hbond substituents is 1. The van der Waals surface area contributed by atoms with E-state index in [2.05, 4.69) is 81.6 Å². The third-order valence-electron chi connectivity index (χ3n) is 7.05. The van der Waals surface area contributed by atoms with E-state index < -0.39 is 0 Å². The van der Waals surface area contributed by atoms with Crippen LogP contribution in [-0.2, 0) is 16.0 Å². The molecule has 3 rings (SSSR count). The van der Waals surface area contributed by atoms with Crippen LogP contribution in [0.15, 0.2) is 55.2 Å². The first-order chi connectivity index (χ1) is 18.8. The van der Waals surface area contributed by atoms with Gasteiger partial charge in [0.1, 0.15) is 5.75 Å². The van der Waals surface area contributed by atoms with Crippen LogP contribution in [0, 0.1) is 25.2 Å². The van der Waals surface area contributed by atoms with Crippen LogP contribution in [0.5, 0.6) is 5.75 Å². The Morgan fingerprint density at radius 2 is 1.57 bits per heavy atom. The molecule has 5 nitrogen and oxygen atoms in total. The number of methoxy groups -OCH3 is 1. The molecule has 0 heterocycles. The van der Waals surface area contributed by atoms with Gasteiger partial charge in [-0.25, -0.2) is 0 Å². The van der Waals surface area contributed by atoms with Gasteiger partial charge in [0.05, 0.1) is 12.8 Å². The molecule has 0 spiro atoms. The minimum Gasteiger partial charge on any atom is -0.508 e. The number of carbonyl (C=O) groups excluding carboxylic acids is 1. The molecule has 1 unspecified atom stereocenters. The molecule has 228 valence electrons. The lowest BCUT2D eigenvalue weighted by molar-refractivity contribution is -0.126. The summed E-state index contributed by atoms with van der Waals surface area (Å²) in [6.45, 7) is 25.3. The molecule has 0 amide bonds. The number of phenols is 1. The maximum atomic E-state index is 9.72. The van der Waals surface area contributed by atoms with Crippen molar-refractivity contribution in [2.75, 3.05) is 7.11 Å². The third kappa shape index (κ3) is 15.7. The lowest BCUT2D eigenvalue weighted by Crippen LogP contribution is -2.54. The van der Waals surface area contributed by atoms with Crippen LogP contribution in [0.3, 0.4) is 0 Å². The standard InChI is InChI=1S/C17H20O.C12H24N2.C2H4O2.2C2H6/c1-12-4-8-16(9-5-12)14(3)10-15-7-6-13(2)17(18)11-15;1-5-14-12(13)8-6-10(7-9-12)11(2,3)4;1-4-2-3;2*1-2/h4-9,11,14,18H,10H2,1-3H3;5,10,14H,1,6-9,13H2,2-4H3;2H,1H3;2*1-2H3. The first-order valence-electron chi connectivity index (χ1n) is 14.8. The number of ether oxygens (including phenoxy) is 1. The average molecular weight is 557 g/mol. The smallest absolute Gasteiger partial charge is 0.292 e. The van der Waals surface area contributed by atoms with Crippen molar-refractivity contribution in [1.82, 2.24) is 5.32 Å². The molecule has 0 radical (unpaired) electrons. The molecule has 5 heteroatoms. The first kappa shape index (κ1) is 39.4. The van der Waals surface area contributed by atoms with Crippen LogP contribution in [0.2, 0.25) is 0 Å². The minimum absolute atomic E-state index is 0.191. The molecule has 1 aliphatic rings. The molecular formula is C35H60N2O3. The van der Waals surface area contributed by atoms with E-state index in [0.29, 0.717) is 23.6 Å². The number of rotatable bonds is 6. The van der Waals surface area contributed by atoms with Crippen molar-refractivity contribution in [3.63, 3.8) is 0 Å². The van der Waals surface area contributed by atoms with E-state index in [1.54, 1.807) is 6.20 Å². The molecule has 1 fully saturated rings. The summed E-state index contributed by atoms with van der Waals surface area (Å²) in [7, 11) is 1.31. The van der Waals surface area contributed by atoms with Crippen molar-refractivity contribution in [3.05, 3.63) is 77.5 Å². The summed E-state index contributed by atoms with van der Waals surface area (Å²) in [6.07, 6.45) is 7.23. The molecule has 0 aliphatic heterocycles. The number of aryl methyl sites for hydroxylation is 2. The van der Waals surface area contributed by atoms with E-state index in [9.17, 15) is 5.11 Å². The quantitative estimate of drug-likeness (QED) is 0.244. The van der Waals surface area contributed by atoms with Gasteiger partial charge >= 0.3 is 0 Å². The molecule has 40 heavy (non-hydrogen) atoms. The third-order valence-corrected chi connectivity index (χ3v) is 7.05. The number of hydrogen-bond acceptors (Lipinski definition) is 5. The van der Waals surface area contributed by atoms with Gasteiger partial charge in [0.15, 0.2) is 0 Å². The number of nitrogens with one attached hydrogen (secondary N) is 1. The van der Waals surface area contributed by atoms with E-state index >= 15 is 0 Å². The van der Waals surface area contributed by atoms with Gasteiger partial charge in [-0.2, -0.15) is 0 Å². The molecule has 0 bridgehead atoms. The summed E-state index contributed by atoms with van der Waals surface area (Å²) < 4.78 is 3.86. The Morgan fingerprint density at radius 1 is 1.07 bits per heavy atom. The van der Waals surface area contributed by atoms with Gasteiger partial charge in [0.2, 0.25) is 0 Å². The van der Waals surface area contributed by atoms with Crippen molar-refractivity contribution in [2.45, 2.75) is 113 Å². The molecule has 1 atom stereocenters. The van der Waals surface area contributed by atoms with Crippen LogP contribution in [-0.4, -0.2) is 24.4 Å². The second kappa shape index (κ2) is 21.0. The molecule has 0 aromatic heterocycles. The number of carbonyl (C=O) groups is 1. The highest BCUT2D eigenvalue weighted by molar-refractivity contribution is 5.37. The highest BCUT2D eigenvalue weighted by atomic mass is 16.5. The van der Waals surface area contributed by atoms with Gasteiger partial charge in [-0.1, -0.05) is 104 Å². The Balaban J connectivity index is 0. The van der Waals surface area contributed by atoms with Gasteiger partial charge in [0, 0.05) is 0 Å². The van der Waals surface area contributed by atoms with Crippen LogP contribution in [0.1, 0.15) is 109 Å². The molecule has 2 aromatic carbocycles. The summed E-state index contributed by atoms with van der Waals surface area (Å²) in [5, 5.41) is 12.9. The highest BCUT2D eigenvalue weighted by Gasteiger charge is 2.35. The summed E-state index contributed by atoms with van der Waals surface area (Å²) in [5.41, 5.74) is 11.2. The predicted octanol–water partition coefficient (Wildman–Crippen LogP) is 8.81. The Bertz CT molecular complexity index is 925. The van der Waals surface area contributed by atoms with Gasteiger partial charge < -0.3 is 20.9 Å². The van der Waals surface area contributed by atoms with Crippen LogP contribution in [0.25, 0.3) is 0 Å². The summed E-state index contributed by atoms with van der Waals surface area (Å²) in [4.78, 5) is 8.95. The minimum atomic E-state index is -0.191. The largest absolute Gasteiger partial charge is 0.508 e. The summed E-state index contributed by atoms with van der Waals surface area (Å²) >= 11 is 0. The van der Waals surface area contributed by atoms with E-state index in [-0.39, 0.29) is 5.66 Å². The van der Waals surface area contributed by atoms with Gasteiger partial charge in [-0.05, 0) is 92.2 Å². The lowest BCUT2D eigenvalue weighted by atomic mass is 9.70. The predicted molar refractivity (Wildman–Crippen MR) is 174 cm³/mol. The van der Waals surface area contributed by atoms with Crippen LogP contribution >= 0.6 is 0 Å². The van der Waals surface area contributed by atoms with Crippen molar-refractivity contribution in [2.24, 2.45) is 17.1 Å². The second-order valence-electron chi connectivity index (χ2n) is 11.1. The monoisotopic (exact) mass is 556 g/mol. The molecule has 1 aliphatic carbocycles. The second-order valence-corrected chi connectivity index (χ2v) is 11.1. The molecule has 1 saturated carbocycles. The van der Waals surface area contributed by atoms with Gasteiger partial charge in [-0.15, -0.1) is 0 Å². The van der Waals surface area contributed by atoms with Crippen LogP contribution < -0.4 is 11.1 Å². The highest BCUT2D eigenvalue weighted by Crippen LogP contribution is 2.39. The summed E-state index contributed by atoms with van der Waals surface area (Å²) in [5.74, 6) is 1.67. The normalized spacial score (nSPS) is 18.2. The van der Waals surface area contributed by atoms with E-state index in [0.717, 1.165) is 30.7 Å². The lowest BCUT2D eigenvalue weighted by Gasteiger charge is -2.42. The van der Waals surface area contributed by atoms with Crippen molar-refractivity contribution < 1.29 is 14.6 Å². The fraction of sp³-hybridized carbons (Fsp3) is 0.571. The molecule has 2 aromatic rings. The van der Waals surface area contributed by atoms with Gasteiger partial charge in [-0.3, -0.25) is 4.79 Å². The topological polar surface area (TPSA) is 84.6 Å². The van der Waals surface area contributed by atoms with Crippen molar-refractivity contribution >= 4 is 6.47 Å². The van der Waals surface area contributed by atoms with Crippen molar-refractivity contribution in [1.29, 1.82) is 0 Å². The van der Waals surface area contributed by atoms with Crippen molar-refractivity contribution in [3.8, 4) is 5.75 Å². The van der Waals surface area contributed by atoms with E-state index in [1.165, 1.54) is 36.6 Å². The zero-order chi connectivity index (χ0) is 31.4. The average Bonchev–Trinajstić information content (AvgIpc) is 2.93. The zero-order valence-electron chi connectivity index (χ0n) is 27.4. The Kier molecular flexibility index (Phi) is 20.7. The van der Waals surface area contributed by atoms with Gasteiger partial charge in [0.25, 0.3) is 6.47 Å². The maximum absolute atomic E-state index is 9.72. The fourth-order valence-corrected chi connectivity index (χ4v) is 4.49. The SMILES string of the molecule is C=CNC1(N)CCC(C(C)(C)C)CC1.CC.CC.COC=O.Cc1ccc(C(C)Cc2ccc(C)c(O)c2)cc1. The number of hydrogen-bond donors (Lipinski definition) is 3. The Morgan fingerprint density at radius 3 is 1.98 bits per heavy atom. The first-order valence-corrected chi connectivity index (χ1v) is 14.8. The number of aromatic hydroxyl groups is 1. The van der Waals surface area contributed by atoms with E-state index in [4.69, 9.17) is 10.5 Å². The molecular weight excluding hydrogens is 496 g/mol. The number of nitrogens with two attached hydrogens (primary N) is 1. The molecule has 4 N–H and O–H groups in total. The molecule has 0 saturated heterocycles.